The molecule has 3 aliphatic heterocycles. The second kappa shape index (κ2) is 15.4. The number of amides is 2. The Morgan fingerprint density at radius 3 is 2.21 bits per heavy atom. The van der Waals surface area contributed by atoms with Crippen LogP contribution in [-0.2, 0) is 15.1 Å². The summed E-state index contributed by atoms with van der Waals surface area (Å²) in [5.41, 5.74) is 6.41. The molecule has 2 N–H and O–H groups in total. The number of nitrogens with zero attached hydrogens (tertiary/aromatic N) is 3. The average Bonchev–Trinajstić information content (AvgIpc) is 2.99. The van der Waals surface area contributed by atoms with Crippen molar-refractivity contribution in [2.45, 2.75) is 56.1 Å². The minimum atomic E-state index is -0.683. The van der Waals surface area contributed by atoms with Gasteiger partial charge in [0.15, 0.2) is 0 Å². The number of benzene rings is 2. The Morgan fingerprint density at radius 2 is 1.57 bits per heavy atom. The first-order valence-corrected chi connectivity index (χ1v) is 15.3. The average molecular weight is 661 g/mol. The Bertz CT molecular complexity index is 1190. The van der Waals surface area contributed by atoms with E-state index in [1.165, 1.54) is 6.42 Å². The van der Waals surface area contributed by atoms with Crippen LogP contribution in [0.4, 0.5) is 0 Å². The zero-order valence-corrected chi connectivity index (χ0v) is 27.1. The Kier molecular flexibility index (Phi) is 12.8. The van der Waals surface area contributed by atoms with E-state index in [1.54, 1.807) is 6.07 Å². The molecule has 2 aromatic rings. The fraction of sp³-hybridized carbons (Fsp3) is 0.548. The molecule has 0 saturated carbocycles. The van der Waals surface area contributed by atoms with Crippen LogP contribution in [0.1, 0.15) is 60.9 Å². The van der Waals surface area contributed by atoms with Crippen molar-refractivity contribution in [3.8, 4) is 0 Å². The number of hydrogen-bond acceptors (Lipinski definition) is 5. The van der Waals surface area contributed by atoms with Crippen molar-refractivity contribution in [3.05, 3.63) is 69.7 Å². The highest BCUT2D eigenvalue weighted by atomic mass is 35.5. The van der Waals surface area contributed by atoms with Gasteiger partial charge in [-0.1, -0.05) is 53.9 Å². The second-order valence-corrected chi connectivity index (χ2v) is 12.3. The summed E-state index contributed by atoms with van der Waals surface area (Å²) in [5, 5.41) is 0.971. The van der Waals surface area contributed by atoms with Crippen LogP contribution in [0.2, 0.25) is 10.0 Å². The fourth-order valence-electron chi connectivity index (χ4n) is 6.75. The minimum Gasteiger partial charge on any atom is -0.368 e. The maximum atomic E-state index is 13.4. The molecule has 3 heterocycles. The second-order valence-electron chi connectivity index (χ2n) is 11.5. The van der Waals surface area contributed by atoms with Crippen LogP contribution in [0.25, 0.3) is 0 Å². The number of hydrogen-bond donors (Lipinski definition) is 1. The van der Waals surface area contributed by atoms with Gasteiger partial charge in [0.2, 0.25) is 5.91 Å². The van der Waals surface area contributed by atoms with Crippen molar-refractivity contribution in [1.29, 1.82) is 0 Å². The van der Waals surface area contributed by atoms with Crippen molar-refractivity contribution in [1.82, 2.24) is 14.7 Å². The van der Waals surface area contributed by atoms with Gasteiger partial charge in [0.25, 0.3) is 5.91 Å². The normalized spacial score (nSPS) is 23.0. The summed E-state index contributed by atoms with van der Waals surface area (Å²) in [6.45, 7) is 5.92. The zero-order chi connectivity index (χ0) is 28.2. The van der Waals surface area contributed by atoms with E-state index >= 15 is 0 Å². The molecule has 7 nitrogen and oxygen atoms in total. The molecule has 0 aromatic heterocycles. The highest BCUT2D eigenvalue weighted by molar-refractivity contribution is 6.42. The lowest BCUT2D eigenvalue weighted by molar-refractivity contribution is -0.135. The van der Waals surface area contributed by atoms with Crippen molar-refractivity contribution in [2.24, 2.45) is 5.73 Å². The highest BCUT2D eigenvalue weighted by Crippen LogP contribution is 2.38. The lowest BCUT2D eigenvalue weighted by Gasteiger charge is -2.48. The standard InChI is InChI=1S/C31H40Cl2N4O3.2ClH/c32-26-11-10-25(22-27(26)33)31(23-36(20-21-40-31)28(38)24-8-3-1-4-9-24)12-7-15-35-18-13-30(14-19-35,29(34)39)37-16-5-2-6-17-37;;/h1,3-4,8-11,22H,2,5-7,12-21,23H2,(H2,34,39);2*1H. The number of likely N-dealkylation sites (tertiary alicyclic amines) is 2. The number of rotatable bonds is 8. The molecule has 3 aliphatic rings. The number of halogens is 4. The van der Waals surface area contributed by atoms with Crippen LogP contribution >= 0.6 is 48.0 Å². The molecule has 0 bridgehead atoms. The summed E-state index contributed by atoms with van der Waals surface area (Å²) >= 11 is 12.7. The van der Waals surface area contributed by atoms with Gasteiger partial charge in [-0.05, 0) is 88.0 Å². The lowest BCUT2D eigenvalue weighted by atomic mass is 9.83. The predicted octanol–water partition coefficient (Wildman–Crippen LogP) is 5.79. The zero-order valence-electron chi connectivity index (χ0n) is 23.9. The first kappa shape index (κ1) is 34.9. The number of carbonyl (C=O) groups is 2. The molecule has 0 aliphatic carbocycles. The Hall–Kier alpha value is -1.58. The molecule has 2 amide bonds. The van der Waals surface area contributed by atoms with E-state index in [0.29, 0.717) is 35.3 Å². The molecule has 11 heteroatoms. The minimum absolute atomic E-state index is 0. The molecule has 5 rings (SSSR count). The van der Waals surface area contributed by atoms with E-state index < -0.39 is 11.1 Å². The van der Waals surface area contributed by atoms with Crippen LogP contribution in [0.3, 0.4) is 0 Å². The van der Waals surface area contributed by atoms with E-state index in [2.05, 4.69) is 9.80 Å². The molecule has 0 spiro atoms. The van der Waals surface area contributed by atoms with Crippen molar-refractivity contribution in [3.63, 3.8) is 0 Å². The monoisotopic (exact) mass is 658 g/mol. The molecule has 3 fully saturated rings. The van der Waals surface area contributed by atoms with Gasteiger partial charge in [-0.3, -0.25) is 14.5 Å². The fourth-order valence-corrected chi connectivity index (χ4v) is 7.04. The molecule has 42 heavy (non-hydrogen) atoms. The number of piperidine rings is 2. The molecular weight excluding hydrogens is 618 g/mol. The van der Waals surface area contributed by atoms with E-state index in [1.807, 2.05) is 47.4 Å². The predicted molar refractivity (Wildman–Crippen MR) is 173 cm³/mol. The van der Waals surface area contributed by atoms with Gasteiger partial charge in [-0.15, -0.1) is 24.8 Å². The molecule has 3 saturated heterocycles. The third kappa shape index (κ3) is 7.55. The van der Waals surface area contributed by atoms with Crippen LogP contribution in [0.5, 0.6) is 0 Å². The van der Waals surface area contributed by atoms with Crippen LogP contribution in [-0.4, -0.2) is 84.5 Å². The van der Waals surface area contributed by atoms with Crippen molar-refractivity contribution >= 4 is 59.8 Å². The van der Waals surface area contributed by atoms with Crippen molar-refractivity contribution < 1.29 is 14.3 Å². The summed E-state index contributed by atoms with van der Waals surface area (Å²) in [4.78, 5) is 32.7. The van der Waals surface area contributed by atoms with Gasteiger partial charge in [0.05, 0.1) is 23.2 Å². The molecule has 1 atom stereocenters. The molecule has 1 unspecified atom stereocenters. The quantitative estimate of drug-likeness (QED) is 0.388. The van der Waals surface area contributed by atoms with Gasteiger partial charge in [0.1, 0.15) is 11.1 Å². The first-order chi connectivity index (χ1) is 19.3. The van der Waals surface area contributed by atoms with Crippen molar-refractivity contribution in [2.75, 3.05) is 52.4 Å². The summed E-state index contributed by atoms with van der Waals surface area (Å²) < 4.78 is 6.51. The topological polar surface area (TPSA) is 79.1 Å². The third-order valence-electron chi connectivity index (χ3n) is 9.10. The van der Waals surface area contributed by atoms with Gasteiger partial charge in [-0.2, -0.15) is 0 Å². The molecule has 0 radical (unpaired) electrons. The first-order valence-electron chi connectivity index (χ1n) is 14.5. The summed E-state index contributed by atoms with van der Waals surface area (Å²) in [5.74, 6) is -0.170. The lowest BCUT2D eigenvalue weighted by Crippen LogP contribution is -2.63. The summed E-state index contributed by atoms with van der Waals surface area (Å²) in [7, 11) is 0. The van der Waals surface area contributed by atoms with E-state index in [9.17, 15) is 9.59 Å². The summed E-state index contributed by atoms with van der Waals surface area (Å²) in [6.07, 6.45) is 6.66. The largest absolute Gasteiger partial charge is 0.368 e. The Labute approximate surface area is 271 Å². The number of ether oxygens (including phenoxy) is 1. The number of morpholine rings is 1. The van der Waals surface area contributed by atoms with Gasteiger partial charge in [-0.25, -0.2) is 0 Å². The third-order valence-corrected chi connectivity index (χ3v) is 9.84. The van der Waals surface area contributed by atoms with Gasteiger partial charge >= 0.3 is 0 Å². The van der Waals surface area contributed by atoms with E-state index in [0.717, 1.165) is 76.8 Å². The number of primary amides is 1. The Morgan fingerprint density at radius 1 is 0.881 bits per heavy atom. The van der Waals surface area contributed by atoms with Gasteiger partial charge < -0.3 is 20.3 Å². The maximum Gasteiger partial charge on any atom is 0.254 e. The molecule has 232 valence electrons. The van der Waals surface area contributed by atoms with Gasteiger partial charge in [0, 0.05) is 25.2 Å². The Balaban J connectivity index is 0.00000242. The van der Waals surface area contributed by atoms with Crippen LogP contribution < -0.4 is 5.73 Å². The number of nitrogens with two attached hydrogens (primary N) is 1. The van der Waals surface area contributed by atoms with E-state index in [-0.39, 0.29) is 36.6 Å². The molecule has 2 aromatic carbocycles. The van der Waals surface area contributed by atoms with Crippen LogP contribution in [0.15, 0.2) is 48.5 Å². The summed E-state index contributed by atoms with van der Waals surface area (Å²) in [6, 6.07) is 15.0. The smallest absolute Gasteiger partial charge is 0.254 e. The van der Waals surface area contributed by atoms with E-state index in [4.69, 9.17) is 33.7 Å². The highest BCUT2D eigenvalue weighted by Gasteiger charge is 2.45. The number of carbonyl (C=O) groups excluding carboxylic acids is 2. The molecular formula is C31H42Cl4N4O3. The van der Waals surface area contributed by atoms with Crippen LogP contribution in [0, 0.1) is 0 Å². The maximum absolute atomic E-state index is 13.4. The SMILES string of the molecule is Cl.Cl.NC(=O)C1(N2CCCCC2)CCN(CCCC2(c3ccc(Cl)c(Cl)c3)CN(C(=O)c3ccccc3)CCO2)CC1.